The number of fused-ring (bicyclic) bond motifs is 1. The average molecular weight is 556 g/mol. The van der Waals surface area contributed by atoms with Gasteiger partial charge in [0.15, 0.2) is 11.5 Å². The number of carbonyl (C=O) groups is 1. The van der Waals surface area contributed by atoms with Crippen molar-refractivity contribution in [3.05, 3.63) is 95.3 Å². The standard InChI is InChI=1S/C32H30ClN3O4/c1-20-17-23(33)8-12-26(20)22-7-15-30-35-32(21-5-10-25(38-2)11-6-21)27(36(30)19-22)13-16-31(37)34-24-9-14-28(39-3)29(18-24)40-4/h5-12,14-15,17-19H,13,16H2,1-4H3,(H,34,37). The molecule has 0 radical (unpaired) electrons. The first-order chi connectivity index (χ1) is 19.4. The number of methoxy groups -OCH3 is 3. The summed E-state index contributed by atoms with van der Waals surface area (Å²) in [6.45, 7) is 2.04. The highest BCUT2D eigenvalue weighted by molar-refractivity contribution is 6.30. The molecule has 0 bridgehead atoms. The van der Waals surface area contributed by atoms with Gasteiger partial charge >= 0.3 is 0 Å². The van der Waals surface area contributed by atoms with Gasteiger partial charge in [-0.1, -0.05) is 17.7 Å². The summed E-state index contributed by atoms with van der Waals surface area (Å²) in [5.74, 6) is 1.80. The molecular weight excluding hydrogens is 526 g/mol. The lowest BCUT2D eigenvalue weighted by molar-refractivity contribution is -0.116. The van der Waals surface area contributed by atoms with Gasteiger partial charge in [-0.15, -0.1) is 0 Å². The molecule has 0 aliphatic carbocycles. The Balaban J connectivity index is 1.49. The van der Waals surface area contributed by atoms with Crippen molar-refractivity contribution < 1.29 is 19.0 Å². The highest BCUT2D eigenvalue weighted by Crippen LogP contribution is 2.32. The Labute approximate surface area is 238 Å². The van der Waals surface area contributed by atoms with Gasteiger partial charge in [-0.2, -0.15) is 0 Å². The van der Waals surface area contributed by atoms with Crippen molar-refractivity contribution in [2.24, 2.45) is 0 Å². The Kier molecular flexibility index (Phi) is 7.94. The van der Waals surface area contributed by atoms with E-state index in [0.717, 1.165) is 45.0 Å². The molecule has 0 saturated heterocycles. The largest absolute Gasteiger partial charge is 0.497 e. The van der Waals surface area contributed by atoms with Crippen LogP contribution in [0.4, 0.5) is 5.69 Å². The van der Waals surface area contributed by atoms with Gasteiger partial charge in [0.2, 0.25) is 5.91 Å². The maximum Gasteiger partial charge on any atom is 0.224 e. The third-order valence-corrected chi connectivity index (χ3v) is 7.07. The number of amides is 1. The molecule has 2 aromatic heterocycles. The SMILES string of the molecule is COc1ccc(-c2nc3ccc(-c4ccc(Cl)cc4C)cn3c2CCC(=O)Nc2ccc(OC)c(OC)c2)cc1. The van der Waals surface area contributed by atoms with Gasteiger partial charge < -0.3 is 23.9 Å². The van der Waals surface area contributed by atoms with Crippen molar-refractivity contribution in [2.45, 2.75) is 19.8 Å². The van der Waals surface area contributed by atoms with E-state index in [2.05, 4.69) is 22.0 Å². The summed E-state index contributed by atoms with van der Waals surface area (Å²) in [6.07, 6.45) is 2.81. The second kappa shape index (κ2) is 11.7. The lowest BCUT2D eigenvalue weighted by atomic mass is 10.0. The normalized spacial score (nSPS) is 10.9. The number of nitrogens with one attached hydrogen (secondary N) is 1. The fraction of sp³-hybridized carbons (Fsp3) is 0.188. The molecule has 1 amide bonds. The average Bonchev–Trinajstić information content (AvgIpc) is 3.33. The van der Waals surface area contributed by atoms with Crippen LogP contribution in [0, 0.1) is 6.92 Å². The number of benzene rings is 3. The predicted molar refractivity (Wildman–Crippen MR) is 159 cm³/mol. The molecule has 0 spiro atoms. The molecule has 1 N–H and O–H groups in total. The fourth-order valence-electron chi connectivity index (χ4n) is 4.79. The molecule has 5 rings (SSSR count). The summed E-state index contributed by atoms with van der Waals surface area (Å²) in [6, 6.07) is 23.0. The molecule has 5 aromatic rings. The molecule has 8 heteroatoms. The smallest absolute Gasteiger partial charge is 0.224 e. The Morgan fingerprint density at radius 3 is 2.33 bits per heavy atom. The van der Waals surface area contributed by atoms with Crippen LogP contribution in [0.2, 0.25) is 5.02 Å². The number of hydrogen-bond donors (Lipinski definition) is 1. The van der Waals surface area contributed by atoms with E-state index in [4.69, 9.17) is 30.8 Å². The van der Waals surface area contributed by atoms with E-state index in [1.807, 2.05) is 55.5 Å². The number of aromatic nitrogens is 2. The summed E-state index contributed by atoms with van der Waals surface area (Å²) < 4.78 is 18.1. The summed E-state index contributed by atoms with van der Waals surface area (Å²) in [7, 11) is 4.78. The van der Waals surface area contributed by atoms with Crippen molar-refractivity contribution in [1.29, 1.82) is 0 Å². The number of anilines is 1. The Morgan fingerprint density at radius 1 is 0.875 bits per heavy atom. The van der Waals surface area contributed by atoms with Gasteiger partial charge in [0.25, 0.3) is 0 Å². The van der Waals surface area contributed by atoms with Gasteiger partial charge in [0, 0.05) is 35.0 Å². The van der Waals surface area contributed by atoms with Crippen LogP contribution in [0.15, 0.2) is 79.0 Å². The molecule has 0 fully saturated rings. The topological polar surface area (TPSA) is 74.1 Å². The highest BCUT2D eigenvalue weighted by Gasteiger charge is 2.17. The third-order valence-electron chi connectivity index (χ3n) is 6.84. The number of imidazole rings is 1. The molecule has 204 valence electrons. The first-order valence-electron chi connectivity index (χ1n) is 12.8. The van der Waals surface area contributed by atoms with E-state index in [1.54, 1.807) is 39.5 Å². The van der Waals surface area contributed by atoms with Crippen LogP contribution < -0.4 is 19.5 Å². The Morgan fingerprint density at radius 2 is 1.62 bits per heavy atom. The van der Waals surface area contributed by atoms with Gasteiger partial charge in [0.05, 0.1) is 32.7 Å². The maximum absolute atomic E-state index is 13.1. The molecule has 7 nitrogen and oxygen atoms in total. The second-order valence-corrected chi connectivity index (χ2v) is 9.80. The highest BCUT2D eigenvalue weighted by atomic mass is 35.5. The number of nitrogens with zero attached hydrogens (tertiary/aromatic N) is 2. The second-order valence-electron chi connectivity index (χ2n) is 9.36. The number of ether oxygens (including phenoxy) is 3. The zero-order valence-corrected chi connectivity index (χ0v) is 23.6. The van der Waals surface area contributed by atoms with Crippen LogP contribution in [0.25, 0.3) is 28.0 Å². The van der Waals surface area contributed by atoms with E-state index < -0.39 is 0 Å². The Bertz CT molecular complexity index is 1680. The number of rotatable bonds is 9. The molecule has 0 aliphatic rings. The van der Waals surface area contributed by atoms with Gasteiger partial charge in [-0.05, 0) is 90.7 Å². The first-order valence-corrected chi connectivity index (χ1v) is 13.2. The monoisotopic (exact) mass is 555 g/mol. The summed E-state index contributed by atoms with van der Waals surface area (Å²) in [5, 5.41) is 3.67. The summed E-state index contributed by atoms with van der Waals surface area (Å²) in [5.41, 5.74) is 7.36. The molecule has 2 heterocycles. The number of hydrogen-bond acceptors (Lipinski definition) is 5. The van der Waals surface area contributed by atoms with Crippen molar-refractivity contribution in [3.8, 4) is 39.6 Å². The summed E-state index contributed by atoms with van der Waals surface area (Å²) >= 11 is 6.20. The summed E-state index contributed by atoms with van der Waals surface area (Å²) in [4.78, 5) is 18.0. The molecular formula is C32H30ClN3O4. The van der Waals surface area contributed by atoms with Crippen LogP contribution in [-0.4, -0.2) is 36.6 Å². The third kappa shape index (κ3) is 5.60. The zero-order chi connectivity index (χ0) is 28.2. The quantitative estimate of drug-likeness (QED) is 0.208. The van der Waals surface area contributed by atoms with E-state index in [9.17, 15) is 4.79 Å². The van der Waals surface area contributed by atoms with Crippen LogP contribution in [-0.2, 0) is 11.2 Å². The minimum atomic E-state index is -0.118. The van der Waals surface area contributed by atoms with Gasteiger partial charge in [0.1, 0.15) is 11.4 Å². The van der Waals surface area contributed by atoms with E-state index in [1.165, 1.54) is 0 Å². The van der Waals surface area contributed by atoms with E-state index in [0.29, 0.717) is 28.6 Å². The molecule has 0 atom stereocenters. The molecule has 0 saturated carbocycles. The van der Waals surface area contributed by atoms with Crippen molar-refractivity contribution >= 4 is 28.8 Å². The minimum absolute atomic E-state index is 0.118. The van der Waals surface area contributed by atoms with Crippen molar-refractivity contribution in [1.82, 2.24) is 9.38 Å². The number of halogens is 1. The Hall–Kier alpha value is -4.49. The van der Waals surface area contributed by atoms with Crippen LogP contribution >= 0.6 is 11.6 Å². The molecule has 3 aromatic carbocycles. The van der Waals surface area contributed by atoms with Crippen molar-refractivity contribution in [2.75, 3.05) is 26.6 Å². The predicted octanol–water partition coefficient (Wildman–Crippen LogP) is 7.23. The number of carbonyl (C=O) groups excluding carboxylic acids is 1. The van der Waals surface area contributed by atoms with Gasteiger partial charge in [-0.3, -0.25) is 4.79 Å². The first kappa shape index (κ1) is 27.1. The molecule has 0 unspecified atom stereocenters. The van der Waals surface area contributed by atoms with E-state index >= 15 is 0 Å². The number of pyridine rings is 1. The zero-order valence-electron chi connectivity index (χ0n) is 22.8. The lowest BCUT2D eigenvalue weighted by Crippen LogP contribution is -2.13. The van der Waals surface area contributed by atoms with Crippen LogP contribution in [0.5, 0.6) is 17.2 Å². The maximum atomic E-state index is 13.1. The lowest BCUT2D eigenvalue weighted by Gasteiger charge is -2.11. The van der Waals surface area contributed by atoms with Gasteiger partial charge in [-0.25, -0.2) is 4.98 Å². The van der Waals surface area contributed by atoms with Crippen LogP contribution in [0.3, 0.4) is 0 Å². The fourth-order valence-corrected chi connectivity index (χ4v) is 5.02. The van der Waals surface area contributed by atoms with Crippen molar-refractivity contribution in [3.63, 3.8) is 0 Å². The number of aryl methyl sites for hydroxylation is 2. The minimum Gasteiger partial charge on any atom is -0.497 e. The molecule has 40 heavy (non-hydrogen) atoms. The van der Waals surface area contributed by atoms with E-state index in [-0.39, 0.29) is 12.3 Å². The van der Waals surface area contributed by atoms with Crippen LogP contribution in [0.1, 0.15) is 17.7 Å². The molecule has 0 aliphatic heterocycles.